The predicted molar refractivity (Wildman–Crippen MR) is 75.0 cm³/mol. The second-order valence-electron chi connectivity index (χ2n) is 4.74. The number of aryl methyl sites for hydroxylation is 1. The molecule has 0 fully saturated rings. The van der Waals surface area contributed by atoms with Crippen molar-refractivity contribution in [1.29, 1.82) is 0 Å². The van der Waals surface area contributed by atoms with Crippen LogP contribution < -0.4 is 5.32 Å². The van der Waals surface area contributed by atoms with Gasteiger partial charge in [-0.05, 0) is 42.2 Å². The number of hydrogen-bond acceptors (Lipinski definition) is 1. The number of anilines is 2. The zero-order chi connectivity index (χ0) is 12.3. The van der Waals surface area contributed by atoms with E-state index in [4.69, 9.17) is 0 Å². The Morgan fingerprint density at radius 1 is 0.941 bits per heavy atom. The number of nitrogens with one attached hydrogen (secondary N) is 1. The van der Waals surface area contributed by atoms with Crippen LogP contribution in [0.5, 0.6) is 0 Å². The van der Waals surface area contributed by atoms with Crippen molar-refractivity contribution < 1.29 is 0 Å². The second-order valence-corrected chi connectivity index (χ2v) is 4.74. The molecule has 0 bridgehead atoms. The number of rotatable bonds is 3. The molecule has 0 aliphatic heterocycles. The summed E-state index contributed by atoms with van der Waals surface area (Å²) in [5.74, 6) is 0.529. The van der Waals surface area contributed by atoms with Crippen LogP contribution in [-0.4, -0.2) is 0 Å². The first-order valence-electron chi connectivity index (χ1n) is 6.09. The Bertz CT molecular complexity index is 486. The fraction of sp³-hybridized carbons (Fsp3) is 0.250. The standard InChI is InChI=1S/C16H19N/c1-12(2)15-10-9-13(3)11-16(15)17-14-7-5-4-6-8-14/h4-12,17H,1-3H3. The van der Waals surface area contributed by atoms with E-state index in [2.05, 4.69) is 56.4 Å². The van der Waals surface area contributed by atoms with Crippen molar-refractivity contribution >= 4 is 11.4 Å². The van der Waals surface area contributed by atoms with Gasteiger partial charge in [0.05, 0.1) is 0 Å². The molecule has 0 aliphatic carbocycles. The van der Waals surface area contributed by atoms with Crippen molar-refractivity contribution in [3.8, 4) is 0 Å². The minimum atomic E-state index is 0.529. The maximum atomic E-state index is 3.49. The van der Waals surface area contributed by atoms with E-state index >= 15 is 0 Å². The molecule has 1 N–H and O–H groups in total. The molecule has 1 heteroatoms. The van der Waals surface area contributed by atoms with Crippen LogP contribution in [0.4, 0.5) is 11.4 Å². The first-order chi connectivity index (χ1) is 8.16. The van der Waals surface area contributed by atoms with Crippen molar-refractivity contribution in [2.45, 2.75) is 26.7 Å². The summed E-state index contributed by atoms with van der Waals surface area (Å²) in [6.07, 6.45) is 0. The maximum absolute atomic E-state index is 3.49. The SMILES string of the molecule is Cc1ccc(C(C)C)c(Nc2ccccc2)c1. The Morgan fingerprint density at radius 2 is 1.65 bits per heavy atom. The van der Waals surface area contributed by atoms with Crippen LogP contribution in [-0.2, 0) is 0 Å². The molecule has 0 saturated heterocycles. The van der Waals surface area contributed by atoms with E-state index in [1.54, 1.807) is 0 Å². The van der Waals surface area contributed by atoms with Crippen LogP contribution in [0, 0.1) is 6.92 Å². The number of benzene rings is 2. The molecule has 1 nitrogen and oxygen atoms in total. The third-order valence-electron chi connectivity index (χ3n) is 2.88. The molecule has 0 aromatic heterocycles. The third kappa shape index (κ3) is 2.88. The van der Waals surface area contributed by atoms with Crippen molar-refractivity contribution in [3.05, 3.63) is 59.7 Å². The molecule has 0 saturated carbocycles. The molecule has 0 spiro atoms. The van der Waals surface area contributed by atoms with Crippen LogP contribution in [0.15, 0.2) is 48.5 Å². The molecule has 17 heavy (non-hydrogen) atoms. The molecule has 0 unspecified atom stereocenters. The molecule has 2 rings (SSSR count). The van der Waals surface area contributed by atoms with Gasteiger partial charge in [0.25, 0.3) is 0 Å². The molecular formula is C16H19N. The van der Waals surface area contributed by atoms with Gasteiger partial charge in [-0.25, -0.2) is 0 Å². The lowest BCUT2D eigenvalue weighted by Gasteiger charge is -2.15. The minimum Gasteiger partial charge on any atom is -0.355 e. The molecule has 0 heterocycles. The summed E-state index contributed by atoms with van der Waals surface area (Å²) in [5, 5.41) is 3.49. The molecule has 0 radical (unpaired) electrons. The lowest BCUT2D eigenvalue weighted by molar-refractivity contribution is 0.868. The van der Waals surface area contributed by atoms with Gasteiger partial charge in [-0.3, -0.25) is 0 Å². The van der Waals surface area contributed by atoms with Crippen LogP contribution in [0.3, 0.4) is 0 Å². The van der Waals surface area contributed by atoms with E-state index in [1.165, 1.54) is 16.8 Å². The summed E-state index contributed by atoms with van der Waals surface area (Å²) in [6, 6.07) is 16.9. The van der Waals surface area contributed by atoms with Gasteiger partial charge in [0.1, 0.15) is 0 Å². The van der Waals surface area contributed by atoms with Gasteiger partial charge >= 0.3 is 0 Å². The highest BCUT2D eigenvalue weighted by Crippen LogP contribution is 2.27. The lowest BCUT2D eigenvalue weighted by Crippen LogP contribution is -1.98. The van der Waals surface area contributed by atoms with Crippen LogP contribution in [0.25, 0.3) is 0 Å². The average Bonchev–Trinajstić information content (AvgIpc) is 2.30. The molecule has 88 valence electrons. The zero-order valence-corrected chi connectivity index (χ0v) is 10.7. The Hall–Kier alpha value is -1.76. The Kier molecular flexibility index (Phi) is 3.48. The van der Waals surface area contributed by atoms with Crippen LogP contribution >= 0.6 is 0 Å². The minimum absolute atomic E-state index is 0.529. The van der Waals surface area contributed by atoms with Gasteiger partial charge in [-0.2, -0.15) is 0 Å². The van der Waals surface area contributed by atoms with Gasteiger partial charge in [-0.1, -0.05) is 44.2 Å². The maximum Gasteiger partial charge on any atom is 0.0422 e. The Labute approximate surface area is 103 Å². The number of para-hydroxylation sites is 1. The van der Waals surface area contributed by atoms with Gasteiger partial charge in [0.15, 0.2) is 0 Å². The van der Waals surface area contributed by atoms with Crippen molar-refractivity contribution in [3.63, 3.8) is 0 Å². The quantitative estimate of drug-likeness (QED) is 0.786. The average molecular weight is 225 g/mol. The Morgan fingerprint density at radius 3 is 2.29 bits per heavy atom. The highest BCUT2D eigenvalue weighted by atomic mass is 14.9. The molecule has 0 aliphatic rings. The topological polar surface area (TPSA) is 12.0 Å². The molecule has 0 atom stereocenters. The van der Waals surface area contributed by atoms with Gasteiger partial charge < -0.3 is 5.32 Å². The van der Waals surface area contributed by atoms with E-state index < -0.39 is 0 Å². The monoisotopic (exact) mass is 225 g/mol. The van der Waals surface area contributed by atoms with E-state index in [9.17, 15) is 0 Å². The predicted octanol–water partition coefficient (Wildman–Crippen LogP) is 4.86. The lowest BCUT2D eigenvalue weighted by atomic mass is 9.99. The van der Waals surface area contributed by atoms with Crippen LogP contribution in [0.2, 0.25) is 0 Å². The molecule has 0 amide bonds. The zero-order valence-electron chi connectivity index (χ0n) is 10.7. The number of hydrogen-bond donors (Lipinski definition) is 1. The molecule has 2 aromatic rings. The summed E-state index contributed by atoms with van der Waals surface area (Å²) in [7, 11) is 0. The van der Waals surface area contributed by atoms with Crippen molar-refractivity contribution in [1.82, 2.24) is 0 Å². The van der Waals surface area contributed by atoms with Gasteiger partial charge in [0, 0.05) is 11.4 Å². The van der Waals surface area contributed by atoms with Crippen molar-refractivity contribution in [2.75, 3.05) is 5.32 Å². The first-order valence-corrected chi connectivity index (χ1v) is 6.09. The van der Waals surface area contributed by atoms with E-state index in [0.717, 1.165) is 5.69 Å². The van der Waals surface area contributed by atoms with Gasteiger partial charge in [-0.15, -0.1) is 0 Å². The fourth-order valence-electron chi connectivity index (χ4n) is 1.96. The third-order valence-corrected chi connectivity index (χ3v) is 2.88. The second kappa shape index (κ2) is 5.05. The normalized spacial score (nSPS) is 10.6. The summed E-state index contributed by atoms with van der Waals surface area (Å²) in [4.78, 5) is 0. The van der Waals surface area contributed by atoms with E-state index in [-0.39, 0.29) is 0 Å². The largest absolute Gasteiger partial charge is 0.355 e. The van der Waals surface area contributed by atoms with Crippen molar-refractivity contribution in [2.24, 2.45) is 0 Å². The highest BCUT2D eigenvalue weighted by Gasteiger charge is 2.06. The van der Waals surface area contributed by atoms with Gasteiger partial charge in [0.2, 0.25) is 0 Å². The summed E-state index contributed by atoms with van der Waals surface area (Å²) >= 11 is 0. The Balaban J connectivity index is 2.34. The highest BCUT2D eigenvalue weighted by molar-refractivity contribution is 5.64. The molecular weight excluding hydrogens is 206 g/mol. The summed E-state index contributed by atoms with van der Waals surface area (Å²) < 4.78 is 0. The smallest absolute Gasteiger partial charge is 0.0422 e. The van der Waals surface area contributed by atoms with Crippen LogP contribution in [0.1, 0.15) is 30.9 Å². The fourth-order valence-corrected chi connectivity index (χ4v) is 1.96. The first kappa shape index (κ1) is 11.7. The summed E-state index contributed by atoms with van der Waals surface area (Å²) in [5.41, 5.74) is 5.00. The summed E-state index contributed by atoms with van der Waals surface area (Å²) in [6.45, 7) is 6.57. The van der Waals surface area contributed by atoms with E-state index in [0.29, 0.717) is 5.92 Å². The molecule has 2 aromatic carbocycles. The van der Waals surface area contributed by atoms with E-state index in [1.807, 2.05) is 18.2 Å².